The van der Waals surface area contributed by atoms with Gasteiger partial charge in [-0.1, -0.05) is 25.0 Å². The van der Waals surface area contributed by atoms with Crippen molar-refractivity contribution in [3.8, 4) is 0 Å². The Bertz CT molecular complexity index is 620. The minimum atomic E-state index is -3.12. The molecule has 2 rings (SSSR count). The maximum Gasteiger partial charge on any atom is 0.190 e. The molecule has 0 bridgehead atoms. The number of hydrogen-bond acceptors (Lipinski definition) is 3. The van der Waals surface area contributed by atoms with Gasteiger partial charge >= 0.3 is 0 Å². The van der Waals surface area contributed by atoms with Crippen LogP contribution in [0.3, 0.4) is 0 Å². The predicted octanol–water partition coefficient (Wildman–Crippen LogP) is 1.99. The molecule has 5 nitrogen and oxygen atoms in total. The molecule has 6 heteroatoms. The molecule has 0 spiro atoms. The molecular weight excluding hydrogens is 310 g/mol. The lowest BCUT2D eigenvalue weighted by Gasteiger charge is -2.12. The van der Waals surface area contributed by atoms with E-state index in [4.69, 9.17) is 0 Å². The Morgan fingerprint density at radius 1 is 1.17 bits per heavy atom. The molecule has 2 N–H and O–H groups in total. The fraction of sp³-hybridized carbons (Fsp3) is 0.588. The molecule has 0 heterocycles. The molecule has 1 aromatic carbocycles. The second-order valence-corrected chi connectivity index (χ2v) is 8.19. The van der Waals surface area contributed by atoms with Crippen molar-refractivity contribution in [3.63, 3.8) is 0 Å². The molecule has 0 aromatic heterocycles. The van der Waals surface area contributed by atoms with Gasteiger partial charge in [0.1, 0.15) is 0 Å². The summed E-state index contributed by atoms with van der Waals surface area (Å²) in [6.07, 6.45) is 7.38. The van der Waals surface area contributed by atoms with Gasteiger partial charge in [0.15, 0.2) is 15.8 Å². The predicted molar refractivity (Wildman–Crippen MR) is 94.6 cm³/mol. The van der Waals surface area contributed by atoms with Crippen LogP contribution in [0.15, 0.2) is 34.2 Å². The number of benzene rings is 1. The highest BCUT2D eigenvalue weighted by atomic mass is 32.2. The van der Waals surface area contributed by atoms with E-state index in [1.54, 1.807) is 19.2 Å². The molecule has 1 aromatic rings. The fourth-order valence-electron chi connectivity index (χ4n) is 2.45. The first kappa shape index (κ1) is 17.8. The first-order valence-electron chi connectivity index (χ1n) is 8.22. The summed E-state index contributed by atoms with van der Waals surface area (Å²) >= 11 is 0. The van der Waals surface area contributed by atoms with Crippen LogP contribution in [-0.4, -0.2) is 40.8 Å². The summed E-state index contributed by atoms with van der Waals surface area (Å²) in [6.45, 7) is 1.72. The van der Waals surface area contributed by atoms with E-state index in [-0.39, 0.29) is 0 Å². The number of hydrogen-bond donors (Lipinski definition) is 2. The van der Waals surface area contributed by atoms with E-state index in [1.807, 2.05) is 12.1 Å². The van der Waals surface area contributed by atoms with Crippen molar-refractivity contribution < 1.29 is 8.42 Å². The highest BCUT2D eigenvalue weighted by molar-refractivity contribution is 7.90. The zero-order valence-corrected chi connectivity index (χ0v) is 14.8. The maximum absolute atomic E-state index is 11.4. The third-order valence-electron chi connectivity index (χ3n) is 4.06. The third kappa shape index (κ3) is 6.60. The summed E-state index contributed by atoms with van der Waals surface area (Å²) in [5.74, 6) is 1.80. The SMILES string of the molecule is CN=C(NCCCC1CC1)NCCc1ccc(S(C)(=O)=O)cc1. The standard InChI is InChI=1S/C17H27N3O2S/c1-18-17(19-12-3-4-14-5-6-14)20-13-11-15-7-9-16(10-8-15)23(2,21)22/h7-10,14H,3-6,11-13H2,1-2H3,(H2,18,19,20). The number of rotatable bonds is 8. The summed E-state index contributed by atoms with van der Waals surface area (Å²) in [6, 6.07) is 7.05. The molecule has 0 saturated heterocycles. The lowest BCUT2D eigenvalue weighted by molar-refractivity contribution is 0.602. The Morgan fingerprint density at radius 3 is 2.39 bits per heavy atom. The fourth-order valence-corrected chi connectivity index (χ4v) is 3.08. The first-order chi connectivity index (χ1) is 11.0. The molecule has 1 aliphatic rings. The highest BCUT2D eigenvalue weighted by Crippen LogP contribution is 2.33. The zero-order valence-electron chi connectivity index (χ0n) is 14.0. The van der Waals surface area contributed by atoms with E-state index in [9.17, 15) is 8.42 Å². The number of guanidine groups is 1. The molecule has 0 amide bonds. The van der Waals surface area contributed by atoms with Crippen LogP contribution in [0, 0.1) is 5.92 Å². The van der Waals surface area contributed by atoms with Crippen LogP contribution >= 0.6 is 0 Å². The van der Waals surface area contributed by atoms with E-state index >= 15 is 0 Å². The Kier molecular flexibility index (Phi) is 6.45. The van der Waals surface area contributed by atoms with Crippen LogP contribution in [0.4, 0.5) is 0 Å². The Balaban J connectivity index is 1.67. The number of aliphatic imine (C=N–C) groups is 1. The summed E-state index contributed by atoms with van der Waals surface area (Å²) < 4.78 is 22.8. The topological polar surface area (TPSA) is 70.6 Å². The molecule has 1 fully saturated rings. The van der Waals surface area contributed by atoms with E-state index < -0.39 is 9.84 Å². The van der Waals surface area contributed by atoms with Gasteiger partial charge in [-0.3, -0.25) is 4.99 Å². The summed E-state index contributed by atoms with van der Waals surface area (Å²) in [5.41, 5.74) is 1.11. The molecule has 128 valence electrons. The monoisotopic (exact) mass is 337 g/mol. The average Bonchev–Trinajstić information content (AvgIpc) is 3.33. The van der Waals surface area contributed by atoms with Crippen molar-refractivity contribution in [2.45, 2.75) is 37.0 Å². The van der Waals surface area contributed by atoms with Crippen LogP contribution < -0.4 is 10.6 Å². The van der Waals surface area contributed by atoms with Crippen LogP contribution in [0.1, 0.15) is 31.2 Å². The van der Waals surface area contributed by atoms with Gasteiger partial charge in [0, 0.05) is 26.4 Å². The molecule has 1 saturated carbocycles. The molecular formula is C17H27N3O2S. The molecule has 0 radical (unpaired) electrons. The molecule has 0 aliphatic heterocycles. The number of nitrogens with one attached hydrogen (secondary N) is 2. The Hall–Kier alpha value is -1.56. The van der Waals surface area contributed by atoms with E-state index in [1.165, 1.54) is 31.9 Å². The molecule has 0 unspecified atom stereocenters. The van der Waals surface area contributed by atoms with Gasteiger partial charge in [0.05, 0.1) is 4.90 Å². The van der Waals surface area contributed by atoms with Crippen LogP contribution in [0.5, 0.6) is 0 Å². The van der Waals surface area contributed by atoms with E-state index in [0.29, 0.717) is 4.90 Å². The number of sulfone groups is 1. The molecule has 1 aliphatic carbocycles. The smallest absolute Gasteiger partial charge is 0.190 e. The van der Waals surface area contributed by atoms with Gasteiger partial charge in [0.25, 0.3) is 0 Å². The van der Waals surface area contributed by atoms with Crippen LogP contribution in [0.25, 0.3) is 0 Å². The third-order valence-corrected chi connectivity index (χ3v) is 5.19. The molecule has 23 heavy (non-hydrogen) atoms. The summed E-state index contributed by atoms with van der Waals surface area (Å²) in [4.78, 5) is 4.58. The zero-order chi connectivity index (χ0) is 16.7. The van der Waals surface area contributed by atoms with Crippen molar-refractivity contribution in [1.29, 1.82) is 0 Å². The van der Waals surface area contributed by atoms with Crippen molar-refractivity contribution in [3.05, 3.63) is 29.8 Å². The minimum Gasteiger partial charge on any atom is -0.356 e. The second kappa shape index (κ2) is 8.34. The lowest BCUT2D eigenvalue weighted by Crippen LogP contribution is -2.38. The van der Waals surface area contributed by atoms with Crippen molar-refractivity contribution in [2.24, 2.45) is 10.9 Å². The van der Waals surface area contributed by atoms with E-state index in [0.717, 1.165) is 37.0 Å². The second-order valence-electron chi connectivity index (χ2n) is 6.18. The van der Waals surface area contributed by atoms with Gasteiger partial charge < -0.3 is 10.6 Å². The van der Waals surface area contributed by atoms with Gasteiger partial charge in [-0.15, -0.1) is 0 Å². The van der Waals surface area contributed by atoms with Gasteiger partial charge in [-0.05, 0) is 42.9 Å². The van der Waals surface area contributed by atoms with Crippen molar-refractivity contribution in [2.75, 3.05) is 26.4 Å². The summed E-state index contributed by atoms with van der Waals surface area (Å²) in [5, 5.41) is 6.61. The molecule has 0 atom stereocenters. The summed E-state index contributed by atoms with van der Waals surface area (Å²) in [7, 11) is -1.34. The van der Waals surface area contributed by atoms with Crippen LogP contribution in [-0.2, 0) is 16.3 Å². The normalized spacial score (nSPS) is 15.5. The van der Waals surface area contributed by atoms with Gasteiger partial charge in [-0.2, -0.15) is 0 Å². The quantitative estimate of drug-likeness (QED) is 0.432. The van der Waals surface area contributed by atoms with Crippen molar-refractivity contribution in [1.82, 2.24) is 10.6 Å². The van der Waals surface area contributed by atoms with Gasteiger partial charge in [0.2, 0.25) is 0 Å². The lowest BCUT2D eigenvalue weighted by atomic mass is 10.1. The van der Waals surface area contributed by atoms with Crippen molar-refractivity contribution >= 4 is 15.8 Å². The number of nitrogens with zero attached hydrogens (tertiary/aromatic N) is 1. The highest BCUT2D eigenvalue weighted by Gasteiger charge is 2.19. The largest absolute Gasteiger partial charge is 0.356 e. The van der Waals surface area contributed by atoms with Gasteiger partial charge in [-0.25, -0.2) is 8.42 Å². The Morgan fingerprint density at radius 2 is 1.83 bits per heavy atom. The van der Waals surface area contributed by atoms with E-state index in [2.05, 4.69) is 15.6 Å². The maximum atomic E-state index is 11.4. The minimum absolute atomic E-state index is 0.363. The average molecular weight is 337 g/mol. The first-order valence-corrected chi connectivity index (χ1v) is 10.1. The van der Waals surface area contributed by atoms with Crippen LogP contribution in [0.2, 0.25) is 0 Å². The Labute approximate surface area is 139 Å².